The number of phenols is 1. The third-order valence-electron chi connectivity index (χ3n) is 2.83. The molecule has 20 heavy (non-hydrogen) atoms. The molecule has 0 amide bonds. The van der Waals surface area contributed by atoms with Crippen molar-refractivity contribution in [3.8, 4) is 17.2 Å². The fraction of sp³-hybridized carbons (Fsp3) is 0.200. The first kappa shape index (κ1) is 15.3. The molecule has 1 N–H and O–H groups in total. The van der Waals surface area contributed by atoms with Gasteiger partial charge in [0.05, 0.1) is 15.1 Å². The van der Waals surface area contributed by atoms with Gasteiger partial charge in [-0.3, -0.25) is 0 Å². The van der Waals surface area contributed by atoms with E-state index in [0.29, 0.717) is 27.1 Å². The van der Waals surface area contributed by atoms with Crippen molar-refractivity contribution in [1.29, 1.82) is 0 Å². The quantitative estimate of drug-likeness (QED) is 0.718. The van der Waals surface area contributed by atoms with Gasteiger partial charge in [-0.05, 0) is 24.1 Å². The van der Waals surface area contributed by atoms with Crippen molar-refractivity contribution in [2.24, 2.45) is 0 Å². The maximum absolute atomic E-state index is 9.93. The molecule has 0 aliphatic carbocycles. The standard InChI is InChI=1S/C15H13Cl3O2/c1-8(2)10-6-9(7-13(18)14(10)19)20-15-11(16)4-3-5-12(15)17/h3-8,19H,1-2H3. The minimum absolute atomic E-state index is 0.0688. The van der Waals surface area contributed by atoms with Crippen molar-refractivity contribution in [2.75, 3.05) is 0 Å². The molecule has 0 saturated carbocycles. The first-order valence-electron chi connectivity index (χ1n) is 6.04. The molecule has 2 aromatic rings. The number of hydrogen-bond acceptors (Lipinski definition) is 2. The molecular weight excluding hydrogens is 319 g/mol. The molecule has 0 aromatic heterocycles. The lowest BCUT2D eigenvalue weighted by molar-refractivity contribution is 0.455. The average molecular weight is 332 g/mol. The van der Waals surface area contributed by atoms with Gasteiger partial charge in [0, 0.05) is 11.6 Å². The Morgan fingerprint density at radius 3 is 2.15 bits per heavy atom. The minimum atomic E-state index is 0.0688. The van der Waals surface area contributed by atoms with Crippen LogP contribution in [0.1, 0.15) is 25.3 Å². The van der Waals surface area contributed by atoms with Gasteiger partial charge in [-0.2, -0.15) is 0 Å². The number of benzene rings is 2. The smallest absolute Gasteiger partial charge is 0.164 e. The Morgan fingerprint density at radius 1 is 1.00 bits per heavy atom. The van der Waals surface area contributed by atoms with E-state index in [1.807, 2.05) is 13.8 Å². The average Bonchev–Trinajstić information content (AvgIpc) is 2.37. The Balaban J connectivity index is 2.44. The van der Waals surface area contributed by atoms with Gasteiger partial charge >= 0.3 is 0 Å². The lowest BCUT2D eigenvalue weighted by atomic mass is 10.0. The Kier molecular flexibility index (Phi) is 4.69. The summed E-state index contributed by atoms with van der Waals surface area (Å²) in [7, 11) is 0. The van der Waals surface area contributed by atoms with Crippen LogP contribution in [0.25, 0.3) is 0 Å². The van der Waals surface area contributed by atoms with Crippen molar-refractivity contribution in [3.05, 3.63) is 51.0 Å². The summed E-state index contributed by atoms with van der Waals surface area (Å²) in [5.41, 5.74) is 0.704. The molecule has 0 aliphatic heterocycles. The van der Waals surface area contributed by atoms with E-state index in [9.17, 15) is 5.11 Å². The zero-order valence-electron chi connectivity index (χ0n) is 11.0. The van der Waals surface area contributed by atoms with Gasteiger partial charge in [-0.1, -0.05) is 54.7 Å². The summed E-state index contributed by atoms with van der Waals surface area (Å²) >= 11 is 18.1. The van der Waals surface area contributed by atoms with Crippen LogP contribution in [-0.4, -0.2) is 5.11 Å². The van der Waals surface area contributed by atoms with E-state index in [0.717, 1.165) is 0 Å². The minimum Gasteiger partial charge on any atom is -0.506 e. The molecule has 0 heterocycles. The molecule has 2 rings (SSSR count). The third kappa shape index (κ3) is 3.14. The van der Waals surface area contributed by atoms with Crippen LogP contribution in [0, 0.1) is 0 Å². The second kappa shape index (κ2) is 6.13. The summed E-state index contributed by atoms with van der Waals surface area (Å²) in [4.78, 5) is 0. The zero-order chi connectivity index (χ0) is 14.9. The van der Waals surface area contributed by atoms with Crippen LogP contribution >= 0.6 is 34.8 Å². The molecule has 5 heteroatoms. The molecule has 0 radical (unpaired) electrons. The van der Waals surface area contributed by atoms with Gasteiger partial charge in [0.25, 0.3) is 0 Å². The molecule has 2 nitrogen and oxygen atoms in total. The number of halogens is 3. The number of aromatic hydroxyl groups is 1. The first-order valence-corrected chi connectivity index (χ1v) is 7.17. The van der Waals surface area contributed by atoms with Crippen molar-refractivity contribution in [2.45, 2.75) is 19.8 Å². The van der Waals surface area contributed by atoms with Crippen molar-refractivity contribution in [1.82, 2.24) is 0 Å². The second-order valence-electron chi connectivity index (χ2n) is 4.65. The first-order chi connectivity index (χ1) is 9.40. The summed E-state index contributed by atoms with van der Waals surface area (Å²) in [6, 6.07) is 8.37. The third-order valence-corrected chi connectivity index (χ3v) is 3.71. The van der Waals surface area contributed by atoms with Crippen LogP contribution in [0.2, 0.25) is 15.1 Å². The van der Waals surface area contributed by atoms with Crippen LogP contribution in [0.4, 0.5) is 0 Å². The van der Waals surface area contributed by atoms with E-state index in [4.69, 9.17) is 39.5 Å². The van der Waals surface area contributed by atoms with Gasteiger partial charge in [0.15, 0.2) is 5.75 Å². The highest BCUT2D eigenvalue weighted by Gasteiger charge is 2.14. The van der Waals surface area contributed by atoms with Crippen LogP contribution in [0.3, 0.4) is 0 Å². The van der Waals surface area contributed by atoms with Crippen molar-refractivity contribution >= 4 is 34.8 Å². The highest BCUT2D eigenvalue weighted by molar-refractivity contribution is 6.37. The van der Waals surface area contributed by atoms with Gasteiger partial charge < -0.3 is 9.84 Å². The predicted molar refractivity (Wildman–Crippen MR) is 83.7 cm³/mol. The zero-order valence-corrected chi connectivity index (χ0v) is 13.2. The van der Waals surface area contributed by atoms with Gasteiger partial charge in [0.1, 0.15) is 11.5 Å². The predicted octanol–water partition coefficient (Wildman–Crippen LogP) is 6.27. The van der Waals surface area contributed by atoms with E-state index in [2.05, 4.69) is 0 Å². The van der Waals surface area contributed by atoms with Crippen LogP contribution < -0.4 is 4.74 Å². The highest BCUT2D eigenvalue weighted by atomic mass is 35.5. The van der Waals surface area contributed by atoms with Gasteiger partial charge in [0.2, 0.25) is 0 Å². The molecule has 0 aliphatic rings. The normalized spacial score (nSPS) is 10.9. The largest absolute Gasteiger partial charge is 0.506 e. The SMILES string of the molecule is CC(C)c1cc(Oc2c(Cl)cccc2Cl)cc(Cl)c1O. The molecule has 106 valence electrons. The second-order valence-corrected chi connectivity index (χ2v) is 5.87. The fourth-order valence-electron chi connectivity index (χ4n) is 1.79. The molecule has 0 bridgehead atoms. The van der Waals surface area contributed by atoms with Crippen LogP contribution in [-0.2, 0) is 0 Å². The lowest BCUT2D eigenvalue weighted by Gasteiger charge is -2.14. The molecule has 0 atom stereocenters. The van der Waals surface area contributed by atoms with E-state index in [1.165, 1.54) is 6.07 Å². The van der Waals surface area contributed by atoms with Gasteiger partial charge in [-0.15, -0.1) is 0 Å². The van der Waals surface area contributed by atoms with Crippen molar-refractivity contribution < 1.29 is 9.84 Å². The fourth-order valence-corrected chi connectivity index (χ4v) is 2.48. The Morgan fingerprint density at radius 2 is 1.60 bits per heavy atom. The van der Waals surface area contributed by atoms with Crippen LogP contribution in [0.15, 0.2) is 30.3 Å². The Bertz CT molecular complexity index is 619. The molecule has 0 unspecified atom stereocenters. The molecule has 0 spiro atoms. The Hall–Kier alpha value is -1.09. The van der Waals surface area contributed by atoms with E-state index in [1.54, 1.807) is 24.3 Å². The van der Waals surface area contributed by atoms with Crippen LogP contribution in [0.5, 0.6) is 17.2 Å². The lowest BCUT2D eigenvalue weighted by Crippen LogP contribution is -1.92. The van der Waals surface area contributed by atoms with Gasteiger partial charge in [-0.25, -0.2) is 0 Å². The highest BCUT2D eigenvalue weighted by Crippen LogP contribution is 2.41. The van der Waals surface area contributed by atoms with E-state index < -0.39 is 0 Å². The summed E-state index contributed by atoms with van der Waals surface area (Å²) in [5.74, 6) is 1.02. The van der Waals surface area contributed by atoms with E-state index >= 15 is 0 Å². The molecule has 0 fully saturated rings. The van der Waals surface area contributed by atoms with E-state index in [-0.39, 0.29) is 16.7 Å². The Labute approximate surface area is 132 Å². The number of rotatable bonds is 3. The summed E-state index contributed by atoms with van der Waals surface area (Å²) in [5, 5.41) is 11.0. The molecular formula is C15H13Cl3O2. The maximum atomic E-state index is 9.93. The maximum Gasteiger partial charge on any atom is 0.164 e. The van der Waals surface area contributed by atoms with Crippen molar-refractivity contribution in [3.63, 3.8) is 0 Å². The number of ether oxygens (including phenoxy) is 1. The number of hydrogen-bond donors (Lipinski definition) is 1. The number of phenolic OH excluding ortho intramolecular Hbond substituents is 1. The molecule has 2 aromatic carbocycles. The monoisotopic (exact) mass is 330 g/mol. The number of para-hydroxylation sites is 1. The molecule has 0 saturated heterocycles. The summed E-state index contributed by atoms with van der Waals surface area (Å²) in [6.45, 7) is 3.91. The summed E-state index contributed by atoms with van der Waals surface area (Å²) in [6.07, 6.45) is 0. The topological polar surface area (TPSA) is 29.5 Å². The summed E-state index contributed by atoms with van der Waals surface area (Å²) < 4.78 is 5.71.